The van der Waals surface area contributed by atoms with Crippen LogP contribution in [0.1, 0.15) is 33.6 Å². The van der Waals surface area contributed by atoms with Gasteiger partial charge >= 0.3 is 0 Å². The summed E-state index contributed by atoms with van der Waals surface area (Å²) in [5.74, 6) is 0.0236. The van der Waals surface area contributed by atoms with E-state index in [2.05, 4.69) is 0 Å². The molecule has 1 saturated heterocycles. The smallest absolute Gasteiger partial charge is 0.254 e. The summed E-state index contributed by atoms with van der Waals surface area (Å²) >= 11 is 0. The second kappa shape index (κ2) is 8.74. The molecular weight excluding hydrogens is 371 g/mol. The summed E-state index contributed by atoms with van der Waals surface area (Å²) in [7, 11) is 0. The van der Waals surface area contributed by atoms with Crippen molar-refractivity contribution >= 4 is 11.8 Å². The monoisotopic (exact) mass is 396 g/mol. The number of carbonyl (C=O) groups excluding carboxylic acids is 2. The topological polar surface area (TPSA) is 49.9 Å². The van der Waals surface area contributed by atoms with Crippen molar-refractivity contribution < 1.29 is 18.7 Å². The van der Waals surface area contributed by atoms with Gasteiger partial charge in [0.2, 0.25) is 0 Å². The Morgan fingerprint density at radius 2 is 1.72 bits per heavy atom. The molecule has 152 valence electrons. The first-order chi connectivity index (χ1) is 14.1. The Hall–Kier alpha value is -2.73. The zero-order chi connectivity index (χ0) is 20.2. The van der Waals surface area contributed by atoms with E-state index in [0.717, 1.165) is 12.8 Å². The summed E-state index contributed by atoms with van der Waals surface area (Å²) in [4.78, 5) is 29.3. The van der Waals surface area contributed by atoms with Crippen LogP contribution in [0.4, 0.5) is 4.39 Å². The first kappa shape index (κ1) is 19.6. The Bertz CT molecular complexity index is 852. The van der Waals surface area contributed by atoms with E-state index in [1.165, 1.54) is 24.3 Å². The second-order valence-electron chi connectivity index (χ2n) is 7.77. The Morgan fingerprint density at radius 1 is 1.00 bits per heavy atom. The Labute approximate surface area is 170 Å². The van der Waals surface area contributed by atoms with Gasteiger partial charge in [0.1, 0.15) is 5.82 Å². The van der Waals surface area contributed by atoms with E-state index in [-0.39, 0.29) is 23.7 Å². The predicted molar refractivity (Wildman–Crippen MR) is 107 cm³/mol. The maximum absolute atomic E-state index is 13.2. The van der Waals surface area contributed by atoms with Crippen molar-refractivity contribution in [1.29, 1.82) is 0 Å². The molecule has 2 aromatic rings. The molecule has 1 saturated carbocycles. The molecule has 1 unspecified atom stereocenters. The molecule has 2 amide bonds. The van der Waals surface area contributed by atoms with Crippen LogP contribution in [0.25, 0.3) is 0 Å². The lowest BCUT2D eigenvalue weighted by Gasteiger charge is -2.36. The van der Waals surface area contributed by atoms with Gasteiger partial charge in [0.15, 0.2) is 0 Å². The Balaban J connectivity index is 1.43. The summed E-state index contributed by atoms with van der Waals surface area (Å²) in [5, 5.41) is 0. The molecule has 29 heavy (non-hydrogen) atoms. The lowest BCUT2D eigenvalue weighted by Crippen LogP contribution is -2.51. The summed E-state index contributed by atoms with van der Waals surface area (Å²) in [6, 6.07) is 14.9. The lowest BCUT2D eigenvalue weighted by atomic mass is 10.1. The van der Waals surface area contributed by atoms with Gasteiger partial charge < -0.3 is 14.5 Å². The van der Waals surface area contributed by atoms with Gasteiger partial charge in [-0.15, -0.1) is 0 Å². The van der Waals surface area contributed by atoms with Gasteiger partial charge in [0.25, 0.3) is 11.8 Å². The number of benzene rings is 2. The molecule has 0 N–H and O–H groups in total. The van der Waals surface area contributed by atoms with E-state index >= 15 is 0 Å². The van der Waals surface area contributed by atoms with Crippen LogP contribution >= 0.6 is 0 Å². The molecular formula is C23H25FN2O3. The molecule has 2 aromatic carbocycles. The summed E-state index contributed by atoms with van der Waals surface area (Å²) in [5.41, 5.74) is 1.13. The van der Waals surface area contributed by atoms with Gasteiger partial charge in [-0.25, -0.2) is 4.39 Å². The normalized spacial score (nSPS) is 19.1. The third-order valence-corrected chi connectivity index (χ3v) is 5.42. The third-order valence-electron chi connectivity index (χ3n) is 5.42. The van der Waals surface area contributed by atoms with E-state index in [1.54, 1.807) is 9.80 Å². The van der Waals surface area contributed by atoms with Gasteiger partial charge in [-0.3, -0.25) is 9.59 Å². The number of hydrogen-bond donors (Lipinski definition) is 0. The first-order valence-corrected chi connectivity index (χ1v) is 10.1. The first-order valence-electron chi connectivity index (χ1n) is 10.1. The highest BCUT2D eigenvalue weighted by Gasteiger charge is 2.32. The SMILES string of the molecule is O=C(c1ccccc1)N1CCOC(CN(CC2CC2)C(=O)c2ccc(F)cc2)C1. The molecule has 2 fully saturated rings. The molecule has 1 atom stereocenters. The van der Waals surface area contributed by atoms with Crippen molar-refractivity contribution in [2.24, 2.45) is 5.92 Å². The van der Waals surface area contributed by atoms with E-state index < -0.39 is 0 Å². The number of ether oxygens (including phenoxy) is 1. The highest BCUT2D eigenvalue weighted by molar-refractivity contribution is 5.95. The fourth-order valence-corrected chi connectivity index (χ4v) is 3.65. The van der Waals surface area contributed by atoms with Crippen molar-refractivity contribution in [3.8, 4) is 0 Å². The maximum Gasteiger partial charge on any atom is 0.254 e. The van der Waals surface area contributed by atoms with Crippen LogP contribution in [0.3, 0.4) is 0 Å². The third kappa shape index (κ3) is 5.01. The van der Waals surface area contributed by atoms with Crippen molar-refractivity contribution in [2.45, 2.75) is 18.9 Å². The molecule has 1 aliphatic heterocycles. The van der Waals surface area contributed by atoms with E-state index in [4.69, 9.17) is 4.74 Å². The fourth-order valence-electron chi connectivity index (χ4n) is 3.65. The van der Waals surface area contributed by atoms with Gasteiger partial charge in [0.05, 0.1) is 12.7 Å². The molecule has 0 bridgehead atoms. The molecule has 0 aromatic heterocycles. The number of amides is 2. The largest absolute Gasteiger partial charge is 0.373 e. The summed E-state index contributed by atoms with van der Waals surface area (Å²) in [6.45, 7) is 2.53. The number of halogens is 1. The van der Waals surface area contributed by atoms with Crippen molar-refractivity contribution in [3.63, 3.8) is 0 Å². The summed E-state index contributed by atoms with van der Waals surface area (Å²) in [6.07, 6.45) is 2.01. The average molecular weight is 396 g/mol. The molecule has 1 aliphatic carbocycles. The van der Waals surface area contributed by atoms with Crippen LogP contribution < -0.4 is 0 Å². The zero-order valence-electron chi connectivity index (χ0n) is 16.3. The molecule has 6 heteroatoms. The molecule has 0 radical (unpaired) electrons. The Morgan fingerprint density at radius 3 is 2.41 bits per heavy atom. The highest BCUT2D eigenvalue weighted by atomic mass is 19.1. The number of morpholine rings is 1. The van der Waals surface area contributed by atoms with Gasteiger partial charge in [-0.1, -0.05) is 18.2 Å². The van der Waals surface area contributed by atoms with Crippen LogP contribution in [0.15, 0.2) is 54.6 Å². The second-order valence-corrected chi connectivity index (χ2v) is 7.77. The maximum atomic E-state index is 13.2. The van der Waals surface area contributed by atoms with Crippen LogP contribution in [-0.4, -0.2) is 60.5 Å². The zero-order valence-corrected chi connectivity index (χ0v) is 16.3. The van der Waals surface area contributed by atoms with Gasteiger partial charge in [-0.05, 0) is 55.2 Å². The molecule has 0 spiro atoms. The van der Waals surface area contributed by atoms with Crippen molar-refractivity contribution in [3.05, 3.63) is 71.5 Å². The van der Waals surface area contributed by atoms with Crippen molar-refractivity contribution in [2.75, 3.05) is 32.8 Å². The molecule has 4 rings (SSSR count). The Kier molecular flexibility index (Phi) is 5.90. The number of rotatable bonds is 6. The van der Waals surface area contributed by atoms with Gasteiger partial charge in [0, 0.05) is 37.3 Å². The minimum Gasteiger partial charge on any atom is -0.373 e. The minimum atomic E-state index is -0.360. The number of carbonyl (C=O) groups is 2. The predicted octanol–water partition coefficient (Wildman–Crippen LogP) is 3.22. The van der Waals surface area contributed by atoms with Crippen LogP contribution in [0.2, 0.25) is 0 Å². The molecule has 5 nitrogen and oxygen atoms in total. The van der Waals surface area contributed by atoms with Crippen molar-refractivity contribution in [1.82, 2.24) is 9.80 Å². The number of hydrogen-bond acceptors (Lipinski definition) is 3. The standard InChI is InChI=1S/C23H25FN2O3/c24-20-10-8-19(9-11-20)23(28)26(14-17-6-7-17)16-21-15-25(12-13-29-21)22(27)18-4-2-1-3-5-18/h1-5,8-11,17,21H,6-7,12-16H2. The van der Waals surface area contributed by atoms with Crippen LogP contribution in [0.5, 0.6) is 0 Å². The number of nitrogens with zero attached hydrogens (tertiary/aromatic N) is 2. The summed E-state index contributed by atoms with van der Waals surface area (Å²) < 4.78 is 19.1. The van der Waals surface area contributed by atoms with Crippen LogP contribution in [0, 0.1) is 11.7 Å². The fraction of sp³-hybridized carbons (Fsp3) is 0.391. The van der Waals surface area contributed by atoms with E-state index in [1.807, 2.05) is 30.3 Å². The van der Waals surface area contributed by atoms with Crippen LogP contribution in [-0.2, 0) is 4.74 Å². The van der Waals surface area contributed by atoms with Gasteiger partial charge in [-0.2, -0.15) is 0 Å². The quantitative estimate of drug-likeness (QED) is 0.753. The highest BCUT2D eigenvalue weighted by Crippen LogP contribution is 2.30. The lowest BCUT2D eigenvalue weighted by molar-refractivity contribution is -0.0335. The van der Waals surface area contributed by atoms with E-state index in [0.29, 0.717) is 49.8 Å². The minimum absolute atomic E-state index is 0.0162. The molecule has 1 heterocycles. The average Bonchev–Trinajstić information content (AvgIpc) is 3.58. The molecule has 2 aliphatic rings. The van der Waals surface area contributed by atoms with E-state index in [9.17, 15) is 14.0 Å².